The molecule has 4 heteroatoms. The second-order valence-corrected chi connectivity index (χ2v) is 4.21. The first-order chi connectivity index (χ1) is 7.24. The van der Waals surface area contributed by atoms with Gasteiger partial charge in [0, 0.05) is 13.2 Å². The van der Waals surface area contributed by atoms with Crippen molar-refractivity contribution in [3.63, 3.8) is 0 Å². The number of unbranched alkanes of at least 4 members (excludes halogenated alkanes) is 1. The van der Waals surface area contributed by atoms with Gasteiger partial charge in [0.15, 0.2) is 0 Å². The molecule has 0 aliphatic carbocycles. The first-order valence-corrected chi connectivity index (χ1v) is 5.79. The number of aliphatic hydroxyl groups is 1. The van der Waals surface area contributed by atoms with Gasteiger partial charge in [0.1, 0.15) is 5.82 Å². The van der Waals surface area contributed by atoms with Crippen molar-refractivity contribution in [1.29, 1.82) is 0 Å². The molecule has 0 bridgehead atoms. The lowest BCUT2D eigenvalue weighted by Gasteiger charge is -2.05. The average Bonchev–Trinajstić information content (AvgIpc) is 2.23. The van der Waals surface area contributed by atoms with Crippen molar-refractivity contribution in [3.05, 3.63) is 34.1 Å². The van der Waals surface area contributed by atoms with Gasteiger partial charge in [-0.3, -0.25) is 0 Å². The Balaban J connectivity index is 2.28. The Kier molecular flexibility index (Phi) is 5.83. The van der Waals surface area contributed by atoms with Crippen LogP contribution in [0.3, 0.4) is 0 Å². The number of rotatable bonds is 6. The summed E-state index contributed by atoms with van der Waals surface area (Å²) in [5.41, 5.74) is 0.930. The van der Waals surface area contributed by atoms with Crippen LogP contribution in [0.4, 0.5) is 4.39 Å². The summed E-state index contributed by atoms with van der Waals surface area (Å²) >= 11 is 3.11. The van der Waals surface area contributed by atoms with Crippen LogP contribution in [0, 0.1) is 5.82 Å². The lowest BCUT2D eigenvalue weighted by Crippen LogP contribution is -2.15. The third-order valence-electron chi connectivity index (χ3n) is 2.07. The highest BCUT2D eigenvalue weighted by Crippen LogP contribution is 2.16. The van der Waals surface area contributed by atoms with E-state index < -0.39 is 0 Å². The molecule has 0 aliphatic rings. The molecule has 0 heterocycles. The summed E-state index contributed by atoms with van der Waals surface area (Å²) in [5.74, 6) is -0.232. The van der Waals surface area contributed by atoms with Crippen LogP contribution >= 0.6 is 15.9 Å². The fourth-order valence-corrected chi connectivity index (χ4v) is 1.49. The van der Waals surface area contributed by atoms with Gasteiger partial charge in [0.25, 0.3) is 0 Å². The zero-order valence-electron chi connectivity index (χ0n) is 8.47. The zero-order valence-corrected chi connectivity index (χ0v) is 10.1. The molecule has 0 saturated carbocycles. The minimum Gasteiger partial charge on any atom is -0.396 e. The summed E-state index contributed by atoms with van der Waals surface area (Å²) in [5, 5.41) is 11.8. The summed E-state index contributed by atoms with van der Waals surface area (Å²) < 4.78 is 13.6. The molecule has 1 rings (SSSR count). The number of hydrogen-bond acceptors (Lipinski definition) is 2. The Morgan fingerprint density at radius 1 is 1.33 bits per heavy atom. The molecule has 15 heavy (non-hydrogen) atoms. The van der Waals surface area contributed by atoms with Crippen molar-refractivity contribution in [2.45, 2.75) is 19.4 Å². The van der Waals surface area contributed by atoms with Gasteiger partial charge in [-0.15, -0.1) is 0 Å². The van der Waals surface area contributed by atoms with Gasteiger partial charge in [-0.25, -0.2) is 4.39 Å². The molecule has 0 unspecified atom stereocenters. The monoisotopic (exact) mass is 275 g/mol. The fraction of sp³-hybridized carbons (Fsp3) is 0.455. The second-order valence-electron chi connectivity index (χ2n) is 3.36. The number of nitrogens with one attached hydrogen (secondary N) is 1. The molecular weight excluding hydrogens is 261 g/mol. The van der Waals surface area contributed by atoms with E-state index in [9.17, 15) is 4.39 Å². The molecular formula is C11H15BrFNO. The van der Waals surface area contributed by atoms with Crippen LogP contribution < -0.4 is 5.32 Å². The highest BCUT2D eigenvalue weighted by Gasteiger charge is 1.99. The van der Waals surface area contributed by atoms with Gasteiger partial charge in [-0.05, 0) is 53.0 Å². The fourth-order valence-electron chi connectivity index (χ4n) is 1.24. The maximum absolute atomic E-state index is 13.1. The predicted molar refractivity (Wildman–Crippen MR) is 62.1 cm³/mol. The third-order valence-corrected chi connectivity index (χ3v) is 2.72. The molecule has 0 aromatic heterocycles. The lowest BCUT2D eigenvalue weighted by atomic mass is 10.2. The smallest absolute Gasteiger partial charge is 0.137 e. The Bertz CT molecular complexity index is 307. The molecule has 1 aromatic rings. The lowest BCUT2D eigenvalue weighted by molar-refractivity contribution is 0.283. The van der Waals surface area contributed by atoms with Crippen molar-refractivity contribution in [1.82, 2.24) is 5.32 Å². The van der Waals surface area contributed by atoms with E-state index >= 15 is 0 Å². The van der Waals surface area contributed by atoms with Gasteiger partial charge < -0.3 is 10.4 Å². The van der Waals surface area contributed by atoms with Crippen LogP contribution in [-0.2, 0) is 6.54 Å². The van der Waals surface area contributed by atoms with E-state index in [-0.39, 0.29) is 12.4 Å². The molecule has 0 aliphatic heterocycles. The van der Waals surface area contributed by atoms with Crippen LogP contribution in [0.25, 0.3) is 0 Å². The van der Waals surface area contributed by atoms with E-state index in [2.05, 4.69) is 21.2 Å². The quantitative estimate of drug-likeness (QED) is 0.782. The molecule has 0 atom stereocenters. The predicted octanol–water partition coefficient (Wildman–Crippen LogP) is 2.45. The van der Waals surface area contributed by atoms with Gasteiger partial charge in [0.2, 0.25) is 0 Å². The summed E-state index contributed by atoms with van der Waals surface area (Å²) in [6.07, 6.45) is 1.75. The summed E-state index contributed by atoms with van der Waals surface area (Å²) in [4.78, 5) is 0. The van der Waals surface area contributed by atoms with Gasteiger partial charge in [-0.1, -0.05) is 6.07 Å². The van der Waals surface area contributed by atoms with Crippen molar-refractivity contribution in [3.8, 4) is 0 Å². The van der Waals surface area contributed by atoms with E-state index in [1.54, 1.807) is 6.07 Å². The van der Waals surface area contributed by atoms with Crippen LogP contribution in [0.1, 0.15) is 18.4 Å². The van der Waals surface area contributed by atoms with Crippen molar-refractivity contribution < 1.29 is 9.50 Å². The molecule has 0 amide bonds. The van der Waals surface area contributed by atoms with E-state index in [0.717, 1.165) is 24.9 Å². The van der Waals surface area contributed by atoms with Crippen LogP contribution in [0.5, 0.6) is 0 Å². The number of halogens is 2. The largest absolute Gasteiger partial charge is 0.396 e. The standard InChI is InChI=1S/C11H15BrFNO/c12-10-4-3-9(7-11(10)13)8-14-5-1-2-6-15/h3-4,7,14-15H,1-2,5-6,8H2. The second kappa shape index (κ2) is 6.93. The molecule has 1 aromatic carbocycles. The Labute approximate surface area is 97.6 Å². The molecule has 0 fully saturated rings. The van der Waals surface area contributed by atoms with E-state index in [1.807, 2.05) is 6.07 Å². The minimum absolute atomic E-state index is 0.231. The highest BCUT2D eigenvalue weighted by molar-refractivity contribution is 9.10. The number of aliphatic hydroxyl groups excluding tert-OH is 1. The zero-order chi connectivity index (χ0) is 11.1. The molecule has 2 nitrogen and oxygen atoms in total. The molecule has 84 valence electrons. The topological polar surface area (TPSA) is 32.3 Å². The average molecular weight is 276 g/mol. The maximum atomic E-state index is 13.1. The van der Waals surface area contributed by atoms with E-state index in [1.165, 1.54) is 6.07 Å². The van der Waals surface area contributed by atoms with Crippen molar-refractivity contribution in [2.24, 2.45) is 0 Å². The molecule has 0 radical (unpaired) electrons. The van der Waals surface area contributed by atoms with Crippen molar-refractivity contribution >= 4 is 15.9 Å². The molecule has 2 N–H and O–H groups in total. The van der Waals surface area contributed by atoms with Crippen LogP contribution in [0.15, 0.2) is 22.7 Å². The number of benzene rings is 1. The Morgan fingerprint density at radius 2 is 2.13 bits per heavy atom. The molecule has 0 saturated heterocycles. The van der Waals surface area contributed by atoms with Crippen LogP contribution in [0.2, 0.25) is 0 Å². The Hall–Kier alpha value is -0.450. The summed E-state index contributed by atoms with van der Waals surface area (Å²) in [6, 6.07) is 5.11. The minimum atomic E-state index is -0.232. The highest BCUT2D eigenvalue weighted by atomic mass is 79.9. The number of hydrogen-bond donors (Lipinski definition) is 2. The van der Waals surface area contributed by atoms with E-state index in [0.29, 0.717) is 11.0 Å². The van der Waals surface area contributed by atoms with Crippen molar-refractivity contribution in [2.75, 3.05) is 13.2 Å². The van der Waals surface area contributed by atoms with Gasteiger partial charge >= 0.3 is 0 Å². The first-order valence-electron chi connectivity index (χ1n) is 4.99. The third kappa shape index (κ3) is 4.73. The maximum Gasteiger partial charge on any atom is 0.137 e. The SMILES string of the molecule is OCCCCNCc1ccc(Br)c(F)c1. The van der Waals surface area contributed by atoms with Gasteiger partial charge in [-0.2, -0.15) is 0 Å². The van der Waals surface area contributed by atoms with Gasteiger partial charge in [0.05, 0.1) is 4.47 Å². The summed E-state index contributed by atoms with van der Waals surface area (Å²) in [6.45, 7) is 1.74. The molecule has 0 spiro atoms. The van der Waals surface area contributed by atoms with E-state index in [4.69, 9.17) is 5.11 Å². The first kappa shape index (κ1) is 12.6. The Morgan fingerprint density at radius 3 is 2.80 bits per heavy atom. The van der Waals surface area contributed by atoms with Crippen LogP contribution in [-0.4, -0.2) is 18.3 Å². The summed E-state index contributed by atoms with van der Waals surface area (Å²) in [7, 11) is 0. The normalized spacial score (nSPS) is 10.6.